The Morgan fingerprint density at radius 3 is 1.38 bits per heavy atom. The third-order valence-electron chi connectivity index (χ3n) is 7.84. The molecule has 0 unspecified atom stereocenters. The number of benzene rings is 6. The van der Waals surface area contributed by atoms with Gasteiger partial charge in [-0.1, -0.05) is 94.4 Å². The topological polar surface area (TPSA) is 78.5 Å². The van der Waals surface area contributed by atoms with Gasteiger partial charge in [-0.15, -0.1) is 0 Å². The minimum absolute atomic E-state index is 0.126. The first kappa shape index (κ1) is 31.9. The number of hydrogen-bond acceptors (Lipinski definition) is 5. The normalized spacial score (nSPS) is 12.4. The van der Waals surface area contributed by atoms with E-state index < -0.39 is 0 Å². The van der Waals surface area contributed by atoms with Crippen molar-refractivity contribution in [1.82, 2.24) is 4.90 Å². The van der Waals surface area contributed by atoms with Gasteiger partial charge in [0.05, 0.1) is 0 Å². The summed E-state index contributed by atoms with van der Waals surface area (Å²) >= 11 is 0. The number of carbonyl (C=O) groups excluding carboxylic acids is 3. The largest absolute Gasteiger partial charge is 0.346 e. The fraction of sp³-hybridized carbons (Fsp3) is 0.103. The van der Waals surface area contributed by atoms with Crippen LogP contribution in [0.1, 0.15) is 33.6 Å². The molecule has 0 aromatic heterocycles. The third kappa shape index (κ3) is 8.03. The van der Waals surface area contributed by atoms with Crippen molar-refractivity contribution in [3.05, 3.63) is 145 Å². The molecule has 0 spiro atoms. The van der Waals surface area contributed by atoms with Crippen LogP contribution < -0.4 is 10.6 Å². The predicted molar refractivity (Wildman–Crippen MR) is 195 cm³/mol. The highest BCUT2D eigenvalue weighted by atomic mass is 33.1. The molecule has 3 amide bonds. The van der Waals surface area contributed by atoms with E-state index in [0.717, 1.165) is 62.1 Å². The Bertz CT molecular complexity index is 1900. The average molecular weight is 656 g/mol. The van der Waals surface area contributed by atoms with Gasteiger partial charge in [0.25, 0.3) is 11.8 Å². The second kappa shape index (κ2) is 15.0. The van der Waals surface area contributed by atoms with Gasteiger partial charge in [0.15, 0.2) is 0 Å². The summed E-state index contributed by atoms with van der Waals surface area (Å²) in [6.45, 7) is 0.957. The van der Waals surface area contributed by atoms with Gasteiger partial charge < -0.3 is 15.5 Å². The molecule has 2 N–H and O–H groups in total. The van der Waals surface area contributed by atoms with Crippen LogP contribution >= 0.6 is 21.6 Å². The van der Waals surface area contributed by atoms with Gasteiger partial charge >= 0.3 is 0 Å². The molecule has 6 aromatic rings. The zero-order chi connectivity index (χ0) is 32.6. The number of hydrogen-bond donors (Lipinski definition) is 2. The monoisotopic (exact) mass is 655 g/mol. The number of nitrogens with zero attached hydrogens (tertiary/aromatic N) is 1. The molecular weight excluding hydrogens is 623 g/mol. The molecule has 1 aliphatic heterocycles. The molecule has 1 saturated heterocycles. The number of anilines is 2. The lowest BCUT2D eigenvalue weighted by Crippen LogP contribution is -2.17. The number of amides is 3. The van der Waals surface area contributed by atoms with E-state index >= 15 is 0 Å². The first-order chi connectivity index (χ1) is 22.9. The maximum Gasteiger partial charge on any atom is 0.256 e. The van der Waals surface area contributed by atoms with Crippen molar-refractivity contribution in [1.29, 1.82) is 0 Å². The van der Waals surface area contributed by atoms with E-state index in [1.165, 1.54) is 0 Å². The highest BCUT2D eigenvalue weighted by Gasteiger charge is 2.14. The summed E-state index contributed by atoms with van der Waals surface area (Å²) in [5.74, 6) is 0.0402. The molecule has 0 radical (unpaired) electrons. The first-order valence-corrected chi connectivity index (χ1v) is 17.5. The summed E-state index contributed by atoms with van der Waals surface area (Å²) in [5.41, 5.74) is 2.81. The Balaban J connectivity index is 0.000000491. The lowest BCUT2D eigenvalue weighted by Gasteiger charge is -2.09. The number of likely N-dealkylation sites (tertiary alicyclic amines) is 1. The fourth-order valence-electron chi connectivity index (χ4n) is 5.31. The molecule has 1 heterocycles. The van der Waals surface area contributed by atoms with Crippen LogP contribution in [-0.2, 0) is 4.79 Å². The van der Waals surface area contributed by atoms with Crippen molar-refractivity contribution in [2.24, 2.45) is 0 Å². The third-order valence-corrected chi connectivity index (χ3v) is 10.3. The van der Waals surface area contributed by atoms with E-state index in [9.17, 15) is 14.4 Å². The number of nitrogens with one attached hydrogen (secondary N) is 2. The Morgan fingerprint density at radius 1 is 0.574 bits per heavy atom. The van der Waals surface area contributed by atoms with Crippen molar-refractivity contribution in [3.8, 4) is 0 Å². The summed E-state index contributed by atoms with van der Waals surface area (Å²) in [5, 5.41) is 9.96. The van der Waals surface area contributed by atoms with Crippen LogP contribution in [0.4, 0.5) is 11.4 Å². The summed E-state index contributed by atoms with van der Waals surface area (Å²) in [7, 11) is 5.11. The lowest BCUT2D eigenvalue weighted by molar-refractivity contribution is -0.126. The van der Waals surface area contributed by atoms with Crippen LogP contribution in [0.25, 0.3) is 21.5 Å². The van der Waals surface area contributed by atoms with E-state index in [2.05, 4.69) is 10.6 Å². The maximum atomic E-state index is 12.9. The molecule has 234 valence electrons. The molecule has 6 nitrogen and oxygen atoms in total. The number of carbonyl (C=O) groups is 3. The van der Waals surface area contributed by atoms with Crippen molar-refractivity contribution in [2.75, 3.05) is 24.2 Å². The van der Waals surface area contributed by atoms with Gasteiger partial charge in [-0.05, 0) is 88.6 Å². The minimum atomic E-state index is -0.126. The molecule has 0 bridgehead atoms. The Labute approximate surface area is 282 Å². The standard InChI is InChI=1S/C34H24N2O2S2.C5H9NO/c37-33(31-13-5-9-23-7-1-3-11-29(23)31)35-25-15-19-27(20-16-25)39-40-28-21-17-26(18-22-28)36-34(38)32-14-6-10-24-8-2-4-12-30(24)32;1-6-4-2-3-5(6)7/h1-22H,(H,35,37)(H,36,38);2-4H2,1H3. The highest BCUT2D eigenvalue weighted by Crippen LogP contribution is 2.38. The summed E-state index contributed by atoms with van der Waals surface area (Å²) in [6, 6.07) is 42.9. The van der Waals surface area contributed by atoms with Gasteiger partial charge in [-0.25, -0.2) is 0 Å². The van der Waals surface area contributed by atoms with Crippen molar-refractivity contribution >= 4 is 72.2 Å². The Hall–Kier alpha value is -5.05. The Morgan fingerprint density at radius 2 is 1.00 bits per heavy atom. The highest BCUT2D eigenvalue weighted by molar-refractivity contribution is 8.76. The summed E-state index contributed by atoms with van der Waals surface area (Å²) in [4.78, 5) is 40.2. The summed E-state index contributed by atoms with van der Waals surface area (Å²) in [6.07, 6.45) is 1.81. The molecule has 1 fully saturated rings. The molecule has 0 aliphatic carbocycles. The SMILES string of the molecule is CN1CCCC1=O.O=C(Nc1ccc(SSc2ccc(NC(=O)c3cccc4ccccc34)cc2)cc1)c1cccc2ccccc12. The second-order valence-electron chi connectivity index (χ2n) is 11.1. The van der Waals surface area contributed by atoms with E-state index in [-0.39, 0.29) is 11.8 Å². The molecule has 6 aromatic carbocycles. The molecular formula is C39H33N3O3S2. The Kier molecular flexibility index (Phi) is 10.2. The van der Waals surface area contributed by atoms with Gasteiger partial charge in [-0.2, -0.15) is 0 Å². The quantitative estimate of drug-likeness (QED) is 0.168. The average Bonchev–Trinajstić information content (AvgIpc) is 3.49. The van der Waals surface area contributed by atoms with E-state index in [1.807, 2.05) is 141 Å². The van der Waals surface area contributed by atoms with Crippen LogP contribution in [0.2, 0.25) is 0 Å². The van der Waals surface area contributed by atoms with Gasteiger partial charge in [-0.3, -0.25) is 14.4 Å². The second-order valence-corrected chi connectivity index (χ2v) is 13.4. The van der Waals surface area contributed by atoms with Gasteiger partial charge in [0.2, 0.25) is 5.91 Å². The van der Waals surface area contributed by atoms with Gasteiger partial charge in [0.1, 0.15) is 0 Å². The smallest absolute Gasteiger partial charge is 0.256 e. The molecule has 8 heteroatoms. The first-order valence-electron chi connectivity index (χ1n) is 15.3. The van der Waals surface area contributed by atoms with Crippen LogP contribution in [0, 0.1) is 0 Å². The lowest BCUT2D eigenvalue weighted by atomic mass is 10.0. The van der Waals surface area contributed by atoms with Crippen LogP contribution in [0.5, 0.6) is 0 Å². The summed E-state index contributed by atoms with van der Waals surface area (Å²) < 4.78 is 0. The van der Waals surface area contributed by atoms with Crippen molar-refractivity contribution in [2.45, 2.75) is 22.6 Å². The maximum absolute atomic E-state index is 12.9. The van der Waals surface area contributed by atoms with E-state index in [0.29, 0.717) is 17.0 Å². The zero-order valence-corrected chi connectivity index (χ0v) is 27.4. The zero-order valence-electron chi connectivity index (χ0n) is 25.8. The van der Waals surface area contributed by atoms with Crippen LogP contribution in [0.15, 0.2) is 143 Å². The minimum Gasteiger partial charge on any atom is -0.346 e. The molecule has 0 saturated carbocycles. The molecule has 1 aliphatic rings. The number of rotatable bonds is 7. The van der Waals surface area contributed by atoms with Crippen molar-refractivity contribution in [3.63, 3.8) is 0 Å². The predicted octanol–water partition coefficient (Wildman–Crippen LogP) is 9.54. The molecule has 7 rings (SSSR count). The molecule has 47 heavy (non-hydrogen) atoms. The van der Waals surface area contributed by atoms with Crippen molar-refractivity contribution < 1.29 is 14.4 Å². The van der Waals surface area contributed by atoms with E-state index in [1.54, 1.807) is 26.5 Å². The number of fused-ring (bicyclic) bond motifs is 2. The van der Waals surface area contributed by atoms with Gasteiger partial charge in [0, 0.05) is 52.3 Å². The van der Waals surface area contributed by atoms with Crippen LogP contribution in [0.3, 0.4) is 0 Å². The fourth-order valence-corrected chi connectivity index (χ4v) is 7.24. The van der Waals surface area contributed by atoms with Crippen LogP contribution in [-0.4, -0.2) is 36.2 Å². The van der Waals surface area contributed by atoms with E-state index in [4.69, 9.17) is 0 Å². The molecule has 0 atom stereocenters.